The number of thiophene rings is 1. The molecule has 0 unspecified atom stereocenters. The first kappa shape index (κ1) is 21.8. The van der Waals surface area contributed by atoms with E-state index < -0.39 is 0 Å². The predicted molar refractivity (Wildman–Crippen MR) is 123 cm³/mol. The molecule has 0 aromatic carbocycles. The molecule has 31 heavy (non-hydrogen) atoms. The Hall–Kier alpha value is -2.43. The van der Waals surface area contributed by atoms with Gasteiger partial charge in [0.25, 0.3) is 5.56 Å². The van der Waals surface area contributed by atoms with Crippen molar-refractivity contribution in [2.24, 2.45) is 0 Å². The van der Waals surface area contributed by atoms with Crippen molar-refractivity contribution in [1.82, 2.24) is 15.0 Å². The Bertz CT molecular complexity index is 1110. The molecule has 3 heterocycles. The van der Waals surface area contributed by atoms with Gasteiger partial charge in [0.15, 0.2) is 0 Å². The van der Waals surface area contributed by atoms with Crippen molar-refractivity contribution < 1.29 is 14.3 Å². The maximum atomic E-state index is 12.6. The number of rotatable bonds is 9. The number of aromatic nitrogens is 3. The second-order valence-electron chi connectivity index (χ2n) is 7.17. The summed E-state index contributed by atoms with van der Waals surface area (Å²) < 4.78 is 10.3. The van der Waals surface area contributed by atoms with E-state index in [1.165, 1.54) is 28.6 Å². The second kappa shape index (κ2) is 10.3. The number of fused-ring (bicyclic) bond motifs is 3. The minimum atomic E-state index is -0.144. The molecule has 1 amide bonds. The molecule has 1 aliphatic rings. The summed E-state index contributed by atoms with van der Waals surface area (Å²) in [4.78, 5) is 38.6. The van der Waals surface area contributed by atoms with E-state index in [-0.39, 0.29) is 17.2 Å². The number of H-pyrrole nitrogens is 1. The minimum Gasteiger partial charge on any atom is -0.475 e. The molecule has 8 nitrogen and oxygen atoms in total. The van der Waals surface area contributed by atoms with Crippen LogP contribution in [-0.2, 0) is 28.1 Å². The first-order valence-corrected chi connectivity index (χ1v) is 12.1. The Morgan fingerprint density at radius 1 is 1.29 bits per heavy atom. The highest BCUT2D eigenvalue weighted by atomic mass is 32.2. The lowest BCUT2D eigenvalue weighted by Crippen LogP contribution is -2.15. The van der Waals surface area contributed by atoms with Gasteiger partial charge in [-0.05, 0) is 37.3 Å². The normalized spacial score (nSPS) is 13.2. The van der Waals surface area contributed by atoms with Gasteiger partial charge < -0.3 is 19.8 Å². The molecule has 0 spiro atoms. The lowest BCUT2D eigenvalue weighted by atomic mass is 9.97. The van der Waals surface area contributed by atoms with Gasteiger partial charge in [0.2, 0.25) is 11.8 Å². The van der Waals surface area contributed by atoms with E-state index in [9.17, 15) is 9.59 Å². The van der Waals surface area contributed by atoms with Crippen molar-refractivity contribution in [2.75, 3.05) is 31.4 Å². The molecule has 164 valence electrons. The van der Waals surface area contributed by atoms with E-state index in [1.807, 2.05) is 0 Å². The Balaban J connectivity index is 1.29. The van der Waals surface area contributed by atoms with Crippen LogP contribution in [0.1, 0.15) is 29.1 Å². The summed E-state index contributed by atoms with van der Waals surface area (Å²) in [6, 6.07) is 3.44. The van der Waals surface area contributed by atoms with Crippen LogP contribution in [0.15, 0.2) is 23.1 Å². The van der Waals surface area contributed by atoms with Gasteiger partial charge in [0.05, 0.1) is 35.4 Å². The van der Waals surface area contributed by atoms with E-state index in [2.05, 4.69) is 20.3 Å². The first-order chi connectivity index (χ1) is 15.1. The largest absolute Gasteiger partial charge is 0.475 e. The van der Waals surface area contributed by atoms with Crippen molar-refractivity contribution in [3.05, 3.63) is 44.9 Å². The summed E-state index contributed by atoms with van der Waals surface area (Å²) in [7, 11) is 1.61. The van der Waals surface area contributed by atoms with Crippen LogP contribution < -0.4 is 15.6 Å². The fraction of sp³-hybridized carbons (Fsp3) is 0.429. The SMILES string of the molecule is COCCOc1ccc(NC(=O)CSCc2nc3sc4c(c3c(=O)[nH]2)CCCC4)cn1. The van der Waals surface area contributed by atoms with Crippen molar-refractivity contribution in [1.29, 1.82) is 0 Å². The fourth-order valence-electron chi connectivity index (χ4n) is 3.48. The van der Waals surface area contributed by atoms with Crippen LogP contribution >= 0.6 is 23.1 Å². The Labute approximate surface area is 187 Å². The van der Waals surface area contributed by atoms with Gasteiger partial charge in [-0.15, -0.1) is 23.1 Å². The maximum absolute atomic E-state index is 12.6. The smallest absolute Gasteiger partial charge is 0.259 e. The number of thioether (sulfide) groups is 1. The third-order valence-corrected chi connectivity index (χ3v) is 7.03. The molecule has 0 bridgehead atoms. The van der Waals surface area contributed by atoms with Crippen LogP contribution in [0.5, 0.6) is 5.88 Å². The van der Waals surface area contributed by atoms with Crippen molar-refractivity contribution in [2.45, 2.75) is 31.4 Å². The molecule has 0 saturated heterocycles. The molecule has 0 aliphatic heterocycles. The van der Waals surface area contributed by atoms with E-state index >= 15 is 0 Å². The van der Waals surface area contributed by atoms with Gasteiger partial charge in [-0.1, -0.05) is 0 Å². The van der Waals surface area contributed by atoms with E-state index in [0.29, 0.717) is 36.4 Å². The topological polar surface area (TPSA) is 106 Å². The number of anilines is 1. The van der Waals surface area contributed by atoms with E-state index in [4.69, 9.17) is 9.47 Å². The lowest BCUT2D eigenvalue weighted by molar-refractivity contribution is -0.113. The van der Waals surface area contributed by atoms with Gasteiger partial charge in [0, 0.05) is 18.1 Å². The third kappa shape index (κ3) is 5.44. The number of amides is 1. The Kier molecular flexibility index (Phi) is 7.21. The second-order valence-corrected chi connectivity index (χ2v) is 9.24. The number of pyridine rings is 1. The summed E-state index contributed by atoms with van der Waals surface area (Å²) in [5.74, 6) is 1.65. The van der Waals surface area contributed by atoms with Gasteiger partial charge in [0.1, 0.15) is 17.3 Å². The molecule has 0 atom stereocenters. The predicted octanol–water partition coefficient (Wildman–Crippen LogP) is 3.16. The number of aryl methyl sites for hydroxylation is 2. The number of aromatic amines is 1. The van der Waals surface area contributed by atoms with Crippen LogP contribution in [0.25, 0.3) is 10.2 Å². The molecule has 0 fully saturated rings. The minimum absolute atomic E-state index is 0.0664. The average molecular weight is 461 g/mol. The number of methoxy groups -OCH3 is 1. The molecule has 0 radical (unpaired) electrons. The number of hydrogen-bond acceptors (Lipinski definition) is 8. The number of nitrogens with one attached hydrogen (secondary N) is 2. The standard InChI is InChI=1S/C21H24N4O4S2/c1-28-8-9-29-18-7-6-13(10-22-18)23-17(26)12-30-11-16-24-20(27)19-14-4-2-3-5-15(14)31-21(19)25-16/h6-7,10H,2-5,8-9,11-12H2,1H3,(H,23,26)(H,24,25,27). The Morgan fingerprint density at radius 3 is 2.97 bits per heavy atom. The van der Waals surface area contributed by atoms with Crippen molar-refractivity contribution >= 4 is 44.9 Å². The molecular formula is C21H24N4O4S2. The number of hydrogen-bond donors (Lipinski definition) is 2. The van der Waals surface area contributed by atoms with Crippen LogP contribution in [0.4, 0.5) is 5.69 Å². The summed E-state index contributed by atoms with van der Waals surface area (Å²) in [6.45, 7) is 0.904. The summed E-state index contributed by atoms with van der Waals surface area (Å²) >= 11 is 3.04. The summed E-state index contributed by atoms with van der Waals surface area (Å²) in [6.07, 6.45) is 5.85. The highest BCUT2D eigenvalue weighted by Gasteiger charge is 2.19. The number of ether oxygens (including phenoxy) is 2. The highest BCUT2D eigenvalue weighted by Crippen LogP contribution is 2.33. The molecule has 4 rings (SSSR count). The van der Waals surface area contributed by atoms with Crippen molar-refractivity contribution in [3.8, 4) is 5.88 Å². The Morgan fingerprint density at radius 2 is 2.16 bits per heavy atom. The number of carbonyl (C=O) groups is 1. The highest BCUT2D eigenvalue weighted by molar-refractivity contribution is 7.99. The van der Waals surface area contributed by atoms with Gasteiger partial charge >= 0.3 is 0 Å². The number of carbonyl (C=O) groups excluding carboxylic acids is 1. The fourth-order valence-corrected chi connectivity index (χ4v) is 5.45. The molecular weight excluding hydrogens is 436 g/mol. The van der Waals surface area contributed by atoms with E-state index in [0.717, 1.165) is 29.5 Å². The van der Waals surface area contributed by atoms with Gasteiger partial charge in [-0.3, -0.25) is 9.59 Å². The molecule has 3 aromatic rings. The molecule has 1 aliphatic carbocycles. The summed E-state index contributed by atoms with van der Waals surface area (Å²) in [5.41, 5.74) is 1.72. The van der Waals surface area contributed by atoms with Gasteiger partial charge in [-0.2, -0.15) is 0 Å². The zero-order chi connectivity index (χ0) is 21.6. The van der Waals surface area contributed by atoms with Crippen LogP contribution in [-0.4, -0.2) is 46.9 Å². The zero-order valence-electron chi connectivity index (χ0n) is 17.2. The van der Waals surface area contributed by atoms with Crippen molar-refractivity contribution in [3.63, 3.8) is 0 Å². The quantitative estimate of drug-likeness (QED) is 0.473. The third-order valence-electron chi connectivity index (χ3n) is 4.90. The van der Waals surface area contributed by atoms with Crippen LogP contribution in [0, 0.1) is 0 Å². The van der Waals surface area contributed by atoms with Crippen LogP contribution in [0.2, 0.25) is 0 Å². The monoisotopic (exact) mass is 460 g/mol. The zero-order valence-corrected chi connectivity index (χ0v) is 18.9. The molecule has 10 heteroatoms. The first-order valence-electron chi connectivity index (χ1n) is 10.1. The molecule has 3 aromatic heterocycles. The van der Waals surface area contributed by atoms with E-state index in [1.54, 1.807) is 36.8 Å². The summed E-state index contributed by atoms with van der Waals surface area (Å²) in [5, 5.41) is 3.56. The average Bonchev–Trinajstić information content (AvgIpc) is 3.14. The molecule has 0 saturated carbocycles. The number of nitrogens with zero attached hydrogens (tertiary/aromatic N) is 2. The molecule has 2 N–H and O–H groups in total. The van der Waals surface area contributed by atoms with Gasteiger partial charge in [-0.25, -0.2) is 9.97 Å². The lowest BCUT2D eigenvalue weighted by Gasteiger charge is -2.09. The van der Waals surface area contributed by atoms with Crippen LogP contribution in [0.3, 0.4) is 0 Å². The maximum Gasteiger partial charge on any atom is 0.259 e.